The summed E-state index contributed by atoms with van der Waals surface area (Å²) >= 11 is 0. The average molecular weight is 322 g/mol. The van der Waals surface area contributed by atoms with Gasteiger partial charge in [-0.25, -0.2) is 4.98 Å². The van der Waals surface area contributed by atoms with Crippen LogP contribution in [0.5, 0.6) is 0 Å². The van der Waals surface area contributed by atoms with Crippen molar-refractivity contribution in [3.05, 3.63) is 84.8 Å². The van der Waals surface area contributed by atoms with Crippen molar-refractivity contribution in [1.82, 2.24) is 9.97 Å². The zero-order valence-electron chi connectivity index (χ0n) is 13.3. The van der Waals surface area contributed by atoms with Crippen LogP contribution in [0.1, 0.15) is 5.56 Å². The van der Waals surface area contributed by atoms with Crippen LogP contribution in [0.4, 0.5) is 11.5 Å². The summed E-state index contributed by atoms with van der Waals surface area (Å²) in [5, 5.41) is 14.5. The van der Waals surface area contributed by atoms with E-state index in [0.717, 1.165) is 27.6 Å². The van der Waals surface area contributed by atoms with Crippen molar-refractivity contribution in [2.45, 2.75) is 0 Å². The number of anilines is 2. The largest absolute Gasteiger partial charge is 0.340 e. The Labute approximate surface area is 145 Å². The first-order valence-corrected chi connectivity index (χ1v) is 7.90. The Morgan fingerprint density at radius 3 is 2.32 bits per heavy atom. The first kappa shape index (κ1) is 14.9. The number of hydrogen-bond acceptors (Lipinski definition) is 4. The number of aromatic nitrogens is 2. The second-order valence-electron chi connectivity index (χ2n) is 5.61. The van der Waals surface area contributed by atoms with Gasteiger partial charge in [0.15, 0.2) is 0 Å². The van der Waals surface area contributed by atoms with Crippen LogP contribution in [-0.2, 0) is 0 Å². The molecule has 0 atom stereocenters. The van der Waals surface area contributed by atoms with Crippen molar-refractivity contribution in [1.29, 1.82) is 5.26 Å². The molecule has 118 valence electrons. The van der Waals surface area contributed by atoms with Gasteiger partial charge in [0.1, 0.15) is 5.82 Å². The minimum atomic E-state index is 0.613. The smallest absolute Gasteiger partial charge is 0.139 e. The fourth-order valence-electron chi connectivity index (χ4n) is 2.85. The molecule has 2 aromatic carbocycles. The quantitative estimate of drug-likeness (QED) is 0.582. The Hall–Kier alpha value is -3.71. The highest BCUT2D eigenvalue weighted by Gasteiger charge is 2.08. The minimum absolute atomic E-state index is 0.613. The summed E-state index contributed by atoms with van der Waals surface area (Å²) in [7, 11) is 0. The molecule has 0 saturated heterocycles. The first-order valence-electron chi connectivity index (χ1n) is 7.90. The Morgan fingerprint density at radius 1 is 0.800 bits per heavy atom. The number of nitrogens with one attached hydrogen (secondary N) is 1. The Balaban J connectivity index is 1.69. The van der Waals surface area contributed by atoms with Crippen LogP contribution >= 0.6 is 0 Å². The average Bonchev–Trinajstić information content (AvgIpc) is 2.69. The molecular formula is C21H14N4. The predicted octanol–water partition coefficient (Wildman–Crippen LogP) is 4.91. The fourth-order valence-corrected chi connectivity index (χ4v) is 2.85. The van der Waals surface area contributed by atoms with E-state index in [1.807, 2.05) is 60.7 Å². The molecule has 0 aliphatic rings. The van der Waals surface area contributed by atoms with Crippen LogP contribution in [0.15, 0.2) is 79.3 Å². The van der Waals surface area contributed by atoms with Gasteiger partial charge in [-0.1, -0.05) is 24.3 Å². The number of pyridine rings is 2. The molecule has 0 spiro atoms. The maximum absolute atomic E-state index is 9.38. The van der Waals surface area contributed by atoms with E-state index in [4.69, 9.17) is 0 Å². The number of nitriles is 1. The second-order valence-corrected chi connectivity index (χ2v) is 5.61. The third-order valence-electron chi connectivity index (χ3n) is 4.07. The van der Waals surface area contributed by atoms with E-state index in [-0.39, 0.29) is 0 Å². The molecule has 25 heavy (non-hydrogen) atoms. The van der Waals surface area contributed by atoms with Gasteiger partial charge in [-0.05, 0) is 52.9 Å². The van der Waals surface area contributed by atoms with Gasteiger partial charge in [-0.3, -0.25) is 4.98 Å². The summed E-state index contributed by atoms with van der Waals surface area (Å²) in [6.45, 7) is 0. The first-order chi connectivity index (χ1) is 12.3. The normalized spacial score (nSPS) is 10.4. The zero-order chi connectivity index (χ0) is 17.1. The van der Waals surface area contributed by atoms with Crippen LogP contribution in [0, 0.1) is 11.3 Å². The monoisotopic (exact) mass is 322 g/mol. The third-order valence-corrected chi connectivity index (χ3v) is 4.07. The molecule has 4 nitrogen and oxygen atoms in total. The molecule has 4 rings (SSSR count). The summed E-state index contributed by atoms with van der Waals surface area (Å²) in [4.78, 5) is 8.46. The van der Waals surface area contributed by atoms with Gasteiger partial charge in [0.25, 0.3) is 0 Å². The minimum Gasteiger partial charge on any atom is -0.340 e. The van der Waals surface area contributed by atoms with E-state index in [0.29, 0.717) is 11.4 Å². The third kappa shape index (κ3) is 2.91. The van der Waals surface area contributed by atoms with Gasteiger partial charge in [0, 0.05) is 29.7 Å². The predicted molar refractivity (Wildman–Crippen MR) is 99.4 cm³/mol. The molecule has 4 aromatic rings. The molecule has 0 aliphatic carbocycles. The second kappa shape index (κ2) is 6.42. The number of fused-ring (bicyclic) bond motifs is 1. The highest BCUT2D eigenvalue weighted by atomic mass is 15.0. The Bertz CT molecular complexity index is 1060. The van der Waals surface area contributed by atoms with Crippen LogP contribution < -0.4 is 5.32 Å². The van der Waals surface area contributed by atoms with Gasteiger partial charge in [0.05, 0.1) is 11.6 Å². The molecular weight excluding hydrogens is 308 g/mol. The molecule has 0 amide bonds. The van der Waals surface area contributed by atoms with Gasteiger partial charge in [0.2, 0.25) is 0 Å². The van der Waals surface area contributed by atoms with E-state index >= 15 is 0 Å². The zero-order valence-corrected chi connectivity index (χ0v) is 13.3. The summed E-state index contributed by atoms with van der Waals surface area (Å²) in [6, 6.07) is 21.9. The molecule has 0 aliphatic heterocycles. The van der Waals surface area contributed by atoms with Crippen LogP contribution in [-0.4, -0.2) is 9.97 Å². The van der Waals surface area contributed by atoms with E-state index in [1.54, 1.807) is 18.6 Å². The van der Waals surface area contributed by atoms with E-state index in [2.05, 4.69) is 21.4 Å². The highest BCUT2D eigenvalue weighted by molar-refractivity contribution is 5.97. The molecule has 0 radical (unpaired) electrons. The standard InChI is InChI=1S/C21H14N4/c22-14-18-3-1-2-17-10-13-24-21(20(17)18)25-19-6-4-15(5-7-19)16-8-11-23-12-9-16/h1-13H,(H,24,25). The van der Waals surface area contributed by atoms with E-state index in [1.165, 1.54) is 0 Å². The Kier molecular flexibility index (Phi) is 3.82. The lowest BCUT2D eigenvalue weighted by Crippen LogP contribution is -1.96. The number of rotatable bonds is 3. The van der Waals surface area contributed by atoms with Crippen molar-refractivity contribution in [2.75, 3.05) is 5.32 Å². The van der Waals surface area contributed by atoms with Gasteiger partial charge in [-0.2, -0.15) is 5.26 Å². The van der Waals surface area contributed by atoms with Crippen molar-refractivity contribution in [3.63, 3.8) is 0 Å². The van der Waals surface area contributed by atoms with Gasteiger partial charge in [-0.15, -0.1) is 0 Å². The molecule has 0 bridgehead atoms. The lowest BCUT2D eigenvalue weighted by atomic mass is 10.1. The van der Waals surface area contributed by atoms with Crippen LogP contribution in [0.2, 0.25) is 0 Å². The summed E-state index contributed by atoms with van der Waals surface area (Å²) in [5.74, 6) is 0.686. The SMILES string of the molecule is N#Cc1cccc2ccnc(Nc3ccc(-c4ccncc4)cc3)c12. The summed E-state index contributed by atoms with van der Waals surface area (Å²) < 4.78 is 0. The molecule has 1 N–H and O–H groups in total. The molecule has 4 heteroatoms. The lowest BCUT2D eigenvalue weighted by Gasteiger charge is -2.10. The van der Waals surface area contributed by atoms with Crippen molar-refractivity contribution < 1.29 is 0 Å². The van der Waals surface area contributed by atoms with Crippen molar-refractivity contribution in [3.8, 4) is 17.2 Å². The fraction of sp³-hybridized carbons (Fsp3) is 0. The van der Waals surface area contributed by atoms with E-state index < -0.39 is 0 Å². The highest BCUT2D eigenvalue weighted by Crippen LogP contribution is 2.28. The Morgan fingerprint density at radius 2 is 1.56 bits per heavy atom. The van der Waals surface area contributed by atoms with Gasteiger partial charge < -0.3 is 5.32 Å². The topological polar surface area (TPSA) is 61.6 Å². The maximum atomic E-state index is 9.38. The molecule has 0 saturated carbocycles. The molecule has 0 fully saturated rings. The van der Waals surface area contributed by atoms with Gasteiger partial charge >= 0.3 is 0 Å². The van der Waals surface area contributed by atoms with E-state index in [9.17, 15) is 5.26 Å². The summed E-state index contributed by atoms with van der Waals surface area (Å²) in [6.07, 6.45) is 5.31. The van der Waals surface area contributed by atoms with Crippen LogP contribution in [0.25, 0.3) is 21.9 Å². The molecule has 2 aromatic heterocycles. The lowest BCUT2D eigenvalue weighted by molar-refractivity contribution is 1.33. The van der Waals surface area contributed by atoms with Crippen molar-refractivity contribution in [2.24, 2.45) is 0 Å². The maximum Gasteiger partial charge on any atom is 0.139 e. The number of nitrogens with zero attached hydrogens (tertiary/aromatic N) is 3. The molecule has 2 heterocycles. The van der Waals surface area contributed by atoms with Crippen LogP contribution in [0.3, 0.4) is 0 Å². The summed E-state index contributed by atoms with van der Waals surface area (Å²) in [5.41, 5.74) is 3.78. The van der Waals surface area contributed by atoms with Crippen molar-refractivity contribution >= 4 is 22.3 Å². The molecule has 0 unspecified atom stereocenters. The number of benzene rings is 2. The number of hydrogen-bond donors (Lipinski definition) is 1.